The Kier molecular flexibility index (Phi) is 9.96. The number of likely N-dealkylation sites (tertiary alicyclic amines) is 1. The predicted octanol–water partition coefficient (Wildman–Crippen LogP) is 5.76. The van der Waals surface area contributed by atoms with Crippen LogP contribution in [0.3, 0.4) is 0 Å². The highest BCUT2D eigenvalue weighted by atomic mass is 19.4. The van der Waals surface area contributed by atoms with Gasteiger partial charge in [-0.15, -0.1) is 0 Å². The number of alkyl halides is 6. The molecule has 2 aliphatic heterocycles. The number of amides is 1. The molecule has 15 heteroatoms. The second kappa shape index (κ2) is 13.8. The zero-order chi connectivity index (χ0) is 33.9. The van der Waals surface area contributed by atoms with Crippen molar-refractivity contribution in [3.63, 3.8) is 0 Å². The van der Waals surface area contributed by atoms with E-state index in [9.17, 15) is 35.9 Å². The normalized spacial score (nSPS) is 17.9. The number of carbonyl (C=O) groups excluding carboxylic acids is 1. The van der Waals surface area contributed by atoms with Crippen LogP contribution in [0.2, 0.25) is 0 Å². The maximum Gasteiger partial charge on any atom is 0.419 e. The molecule has 5 rings (SSSR count). The lowest BCUT2D eigenvalue weighted by atomic mass is 9.99. The summed E-state index contributed by atoms with van der Waals surface area (Å²) in [6.07, 6.45) is -7.56. The molecule has 47 heavy (non-hydrogen) atoms. The van der Waals surface area contributed by atoms with Crippen LogP contribution in [0.1, 0.15) is 34.3 Å². The third-order valence-electron chi connectivity index (χ3n) is 8.39. The lowest BCUT2D eigenvalue weighted by Crippen LogP contribution is -2.47. The molecule has 0 bridgehead atoms. The molecule has 1 aromatic heterocycles. The van der Waals surface area contributed by atoms with Crippen molar-refractivity contribution in [1.82, 2.24) is 14.8 Å². The van der Waals surface area contributed by atoms with Crippen molar-refractivity contribution in [2.45, 2.75) is 37.8 Å². The summed E-state index contributed by atoms with van der Waals surface area (Å²) in [5.41, 5.74) is 1.07. The van der Waals surface area contributed by atoms with Crippen molar-refractivity contribution >= 4 is 23.4 Å². The topological polar surface area (TPSA) is 98.2 Å². The fraction of sp³-hybridized carbons (Fsp3) is 0.406. The maximum absolute atomic E-state index is 13.8. The molecule has 2 aromatic carbocycles. The van der Waals surface area contributed by atoms with Gasteiger partial charge >= 0.3 is 18.3 Å². The first-order valence-electron chi connectivity index (χ1n) is 14.9. The van der Waals surface area contributed by atoms with Gasteiger partial charge in [0.15, 0.2) is 0 Å². The molecule has 0 saturated carbocycles. The van der Waals surface area contributed by atoms with Crippen molar-refractivity contribution in [3.05, 3.63) is 71.4 Å². The molecule has 2 aliphatic rings. The molecule has 1 atom stereocenters. The standard InChI is InChI=1S/C32H33F6N5O4/c1-47-26-15-21(6-9-25(26)31(33,34)35)24-17-39-28(16-22(24)18-43-10-2-3-27(43)32(36,37)38)40-30(46)20-4-7-23(8-5-20)42-13-11-41(12-14-42)19-29(44)45/h4-9,15-17,27H,2-3,10-14,18-19H2,1H3,(H,44,45)(H,39,40,46). The van der Waals surface area contributed by atoms with Gasteiger partial charge in [0, 0.05) is 55.7 Å². The first-order valence-corrected chi connectivity index (χ1v) is 14.9. The average molecular weight is 666 g/mol. The van der Waals surface area contributed by atoms with Crippen LogP contribution in [0, 0.1) is 0 Å². The van der Waals surface area contributed by atoms with Gasteiger partial charge in [-0.25, -0.2) is 4.98 Å². The average Bonchev–Trinajstić information content (AvgIpc) is 3.50. The predicted molar refractivity (Wildman–Crippen MR) is 161 cm³/mol. The lowest BCUT2D eigenvalue weighted by molar-refractivity contribution is -0.177. The van der Waals surface area contributed by atoms with Gasteiger partial charge in [-0.2, -0.15) is 26.3 Å². The first-order chi connectivity index (χ1) is 22.2. The summed E-state index contributed by atoms with van der Waals surface area (Å²) in [5, 5.41) is 11.7. The number of pyridine rings is 1. The number of ether oxygens (including phenoxy) is 1. The fourth-order valence-corrected chi connectivity index (χ4v) is 6.02. The number of nitrogens with zero attached hydrogens (tertiary/aromatic N) is 4. The number of anilines is 2. The van der Waals surface area contributed by atoms with Gasteiger partial charge in [-0.3, -0.25) is 19.4 Å². The van der Waals surface area contributed by atoms with Crippen molar-refractivity contribution in [3.8, 4) is 16.9 Å². The molecule has 2 fully saturated rings. The van der Waals surface area contributed by atoms with Gasteiger partial charge < -0.3 is 20.1 Å². The highest BCUT2D eigenvalue weighted by Gasteiger charge is 2.46. The van der Waals surface area contributed by atoms with E-state index < -0.39 is 41.6 Å². The van der Waals surface area contributed by atoms with Gasteiger partial charge in [0.05, 0.1) is 19.2 Å². The number of hydrogen-bond acceptors (Lipinski definition) is 7. The number of benzene rings is 2. The summed E-state index contributed by atoms with van der Waals surface area (Å²) in [6, 6.07) is 9.77. The Morgan fingerprint density at radius 1 is 0.979 bits per heavy atom. The summed E-state index contributed by atoms with van der Waals surface area (Å²) in [6.45, 7) is 2.37. The second-order valence-corrected chi connectivity index (χ2v) is 11.5. The van der Waals surface area contributed by atoms with E-state index in [0.717, 1.165) is 18.9 Å². The molecule has 1 amide bonds. The number of rotatable bonds is 9. The van der Waals surface area contributed by atoms with Gasteiger partial charge in [0.25, 0.3) is 5.91 Å². The van der Waals surface area contributed by atoms with Gasteiger partial charge in [-0.1, -0.05) is 6.07 Å². The molecule has 1 unspecified atom stereocenters. The Morgan fingerprint density at radius 2 is 1.68 bits per heavy atom. The molecule has 0 radical (unpaired) electrons. The molecule has 0 aliphatic carbocycles. The smallest absolute Gasteiger partial charge is 0.419 e. The zero-order valence-electron chi connectivity index (χ0n) is 25.4. The molecule has 2 saturated heterocycles. The number of aromatic nitrogens is 1. The van der Waals surface area contributed by atoms with Crippen LogP contribution in [0.25, 0.3) is 11.1 Å². The number of carboxylic acids is 1. The SMILES string of the molecule is COc1cc(-c2cnc(NC(=O)c3ccc(N4CCN(CC(=O)O)CC4)cc3)cc2CN2CCCC2C(F)(F)F)ccc1C(F)(F)F. The van der Waals surface area contributed by atoms with Crippen LogP contribution in [-0.2, 0) is 17.5 Å². The molecule has 3 aromatic rings. The van der Waals surface area contributed by atoms with Crippen LogP contribution in [-0.4, -0.2) is 90.4 Å². The van der Waals surface area contributed by atoms with Crippen molar-refractivity contribution < 1.29 is 45.8 Å². The Balaban J connectivity index is 1.37. The monoisotopic (exact) mass is 665 g/mol. The molecule has 3 heterocycles. The third kappa shape index (κ3) is 8.14. The van der Waals surface area contributed by atoms with Gasteiger partial charge in [-0.05, 0) is 73.0 Å². The fourth-order valence-electron chi connectivity index (χ4n) is 6.02. The van der Waals surface area contributed by atoms with Crippen LogP contribution < -0.4 is 15.0 Å². The summed E-state index contributed by atoms with van der Waals surface area (Å²) >= 11 is 0. The maximum atomic E-state index is 13.8. The number of hydrogen-bond donors (Lipinski definition) is 2. The Hall–Kier alpha value is -4.37. The highest BCUT2D eigenvalue weighted by molar-refractivity contribution is 6.04. The van der Waals surface area contributed by atoms with Crippen LogP contribution in [0.5, 0.6) is 5.75 Å². The van der Waals surface area contributed by atoms with Gasteiger partial charge in [0.1, 0.15) is 17.6 Å². The minimum Gasteiger partial charge on any atom is -0.496 e. The van der Waals surface area contributed by atoms with Crippen molar-refractivity contribution in [1.29, 1.82) is 0 Å². The number of halogens is 6. The largest absolute Gasteiger partial charge is 0.496 e. The minimum absolute atomic E-state index is 0.0247. The summed E-state index contributed by atoms with van der Waals surface area (Å²) in [7, 11) is 1.10. The van der Waals surface area contributed by atoms with Crippen LogP contribution >= 0.6 is 0 Å². The number of carbonyl (C=O) groups is 2. The van der Waals surface area contributed by atoms with E-state index in [4.69, 9.17) is 9.84 Å². The van der Waals surface area contributed by atoms with E-state index in [-0.39, 0.29) is 37.4 Å². The number of carboxylic acid groups (broad SMARTS) is 1. The molecule has 9 nitrogen and oxygen atoms in total. The van der Waals surface area contributed by atoms with E-state index in [1.54, 1.807) is 24.3 Å². The summed E-state index contributed by atoms with van der Waals surface area (Å²) < 4.78 is 86.8. The third-order valence-corrected chi connectivity index (χ3v) is 8.39. The van der Waals surface area contributed by atoms with E-state index in [1.165, 1.54) is 29.3 Å². The van der Waals surface area contributed by atoms with Crippen LogP contribution in [0.15, 0.2) is 54.7 Å². The Bertz CT molecular complexity index is 1590. The zero-order valence-corrected chi connectivity index (χ0v) is 25.4. The highest BCUT2D eigenvalue weighted by Crippen LogP contribution is 2.40. The Labute approximate surface area is 266 Å². The quantitative estimate of drug-likeness (QED) is 0.279. The number of aliphatic carboxylic acids is 1. The van der Waals surface area contributed by atoms with E-state index in [0.29, 0.717) is 49.3 Å². The van der Waals surface area contributed by atoms with E-state index >= 15 is 0 Å². The van der Waals surface area contributed by atoms with Gasteiger partial charge in [0.2, 0.25) is 0 Å². The summed E-state index contributed by atoms with van der Waals surface area (Å²) in [4.78, 5) is 33.6. The van der Waals surface area contributed by atoms with Crippen LogP contribution in [0.4, 0.5) is 37.8 Å². The molecule has 2 N–H and O–H groups in total. The number of piperazine rings is 1. The molecule has 0 spiro atoms. The molecular weight excluding hydrogens is 632 g/mol. The summed E-state index contributed by atoms with van der Waals surface area (Å²) in [5.74, 6) is -1.78. The Morgan fingerprint density at radius 3 is 2.30 bits per heavy atom. The first kappa shape index (κ1) is 34.0. The molecular formula is C32H33F6N5O4. The lowest BCUT2D eigenvalue weighted by Gasteiger charge is -2.35. The minimum atomic E-state index is -4.68. The van der Waals surface area contributed by atoms with E-state index in [2.05, 4.69) is 15.2 Å². The van der Waals surface area contributed by atoms with E-state index in [1.807, 2.05) is 4.90 Å². The van der Waals surface area contributed by atoms with Crippen molar-refractivity contribution in [2.75, 3.05) is 56.6 Å². The van der Waals surface area contributed by atoms with Crippen molar-refractivity contribution in [2.24, 2.45) is 0 Å². The number of methoxy groups -OCH3 is 1. The second-order valence-electron chi connectivity index (χ2n) is 11.5. The molecule has 252 valence electrons. The number of nitrogens with one attached hydrogen (secondary N) is 1.